The first-order valence-corrected chi connectivity index (χ1v) is 9.08. The molecule has 8 heteroatoms. The molecule has 0 aliphatic carbocycles. The lowest BCUT2D eigenvalue weighted by molar-refractivity contribution is -0.137. The Hall–Kier alpha value is -2.90. The number of nitrogens with zero attached hydrogens (tertiary/aromatic N) is 1. The van der Waals surface area contributed by atoms with Crippen LogP contribution < -0.4 is 10.6 Å². The van der Waals surface area contributed by atoms with Gasteiger partial charge in [0.25, 0.3) is 0 Å². The summed E-state index contributed by atoms with van der Waals surface area (Å²) in [5.74, 6) is -0.489. The molecule has 0 radical (unpaired) electrons. The topological polar surface area (TPSA) is 54.0 Å². The first-order valence-electron chi connectivity index (χ1n) is 8.70. The second kappa shape index (κ2) is 9.07. The van der Waals surface area contributed by atoms with Crippen molar-refractivity contribution in [2.45, 2.75) is 12.2 Å². The minimum Gasteiger partial charge on any atom is -0.325 e. The average molecular weight is 420 g/mol. The van der Waals surface area contributed by atoms with Gasteiger partial charge in [-0.15, -0.1) is 0 Å². The fourth-order valence-electron chi connectivity index (χ4n) is 2.81. The molecule has 150 valence electrons. The molecule has 0 saturated carbocycles. The number of rotatable bonds is 6. The summed E-state index contributed by atoms with van der Waals surface area (Å²) in [4.78, 5) is 16.6. The lowest BCUT2D eigenvalue weighted by atomic mass is 10.0. The summed E-state index contributed by atoms with van der Waals surface area (Å²) < 4.78 is 38.9. The van der Waals surface area contributed by atoms with Gasteiger partial charge in [0, 0.05) is 11.9 Å². The first kappa shape index (κ1) is 20.8. The van der Waals surface area contributed by atoms with Crippen LogP contribution in [0.15, 0.2) is 72.9 Å². The molecular formula is C21H17ClF3N3O. The van der Waals surface area contributed by atoms with Crippen LogP contribution in [0, 0.1) is 0 Å². The highest BCUT2D eigenvalue weighted by Crippen LogP contribution is 2.36. The highest BCUT2D eigenvalue weighted by atomic mass is 35.5. The molecule has 0 aliphatic heterocycles. The van der Waals surface area contributed by atoms with Crippen molar-refractivity contribution in [2.75, 3.05) is 11.9 Å². The zero-order valence-electron chi connectivity index (χ0n) is 15.1. The monoisotopic (exact) mass is 419 g/mol. The number of halogens is 4. The number of alkyl halides is 3. The van der Waals surface area contributed by atoms with Crippen LogP contribution in [0.1, 0.15) is 22.9 Å². The van der Waals surface area contributed by atoms with Crippen molar-refractivity contribution in [2.24, 2.45) is 0 Å². The van der Waals surface area contributed by atoms with Gasteiger partial charge >= 0.3 is 6.18 Å². The van der Waals surface area contributed by atoms with E-state index < -0.39 is 22.7 Å². The summed E-state index contributed by atoms with van der Waals surface area (Å²) in [7, 11) is 0. The summed E-state index contributed by atoms with van der Waals surface area (Å²) in [5.41, 5.74) is 0.644. The maximum atomic E-state index is 13.0. The molecule has 3 rings (SSSR count). The van der Waals surface area contributed by atoms with Gasteiger partial charge in [0.1, 0.15) is 0 Å². The Labute approximate surface area is 170 Å². The van der Waals surface area contributed by atoms with Crippen molar-refractivity contribution in [3.05, 3.63) is 94.8 Å². The van der Waals surface area contributed by atoms with E-state index in [0.717, 1.165) is 23.4 Å². The quantitative estimate of drug-likeness (QED) is 0.586. The van der Waals surface area contributed by atoms with E-state index in [4.69, 9.17) is 11.6 Å². The van der Waals surface area contributed by atoms with Gasteiger partial charge in [0.15, 0.2) is 0 Å². The number of aromatic nitrogens is 1. The number of nitrogens with one attached hydrogen (secondary N) is 2. The number of benzene rings is 2. The largest absolute Gasteiger partial charge is 0.417 e. The Morgan fingerprint density at radius 2 is 1.76 bits per heavy atom. The van der Waals surface area contributed by atoms with E-state index in [1.165, 1.54) is 6.07 Å². The van der Waals surface area contributed by atoms with Gasteiger partial charge in [0.2, 0.25) is 5.91 Å². The van der Waals surface area contributed by atoms with E-state index in [0.29, 0.717) is 0 Å². The molecule has 0 fully saturated rings. The molecule has 3 aromatic rings. The third-order valence-corrected chi connectivity index (χ3v) is 4.47. The predicted molar refractivity (Wildman–Crippen MR) is 106 cm³/mol. The second-order valence-electron chi connectivity index (χ2n) is 6.22. The van der Waals surface area contributed by atoms with E-state index in [2.05, 4.69) is 15.6 Å². The predicted octanol–water partition coefficient (Wildman–Crippen LogP) is 5.07. The van der Waals surface area contributed by atoms with Gasteiger partial charge in [-0.2, -0.15) is 13.2 Å². The standard InChI is InChI=1S/C21H17ClF3N3O/c22-17-10-9-15(12-16(17)21(23,24)25)28-19(29)13-27-20(14-6-2-1-3-7-14)18-8-4-5-11-26-18/h1-12,20,27H,13H2,(H,28,29). The lowest BCUT2D eigenvalue weighted by Crippen LogP contribution is -2.32. The molecule has 2 N–H and O–H groups in total. The smallest absolute Gasteiger partial charge is 0.325 e. The van der Waals surface area contributed by atoms with Crippen molar-refractivity contribution >= 4 is 23.2 Å². The minimum atomic E-state index is -4.60. The highest BCUT2D eigenvalue weighted by molar-refractivity contribution is 6.31. The van der Waals surface area contributed by atoms with Crippen LogP contribution in [0.4, 0.5) is 18.9 Å². The molecule has 1 unspecified atom stereocenters. The van der Waals surface area contributed by atoms with E-state index in [-0.39, 0.29) is 18.3 Å². The Balaban J connectivity index is 1.71. The SMILES string of the molecule is O=C(CNC(c1ccccc1)c1ccccn1)Nc1ccc(Cl)c(C(F)(F)F)c1. The molecule has 0 saturated heterocycles. The number of pyridine rings is 1. The van der Waals surface area contributed by atoms with E-state index in [9.17, 15) is 18.0 Å². The number of hydrogen-bond donors (Lipinski definition) is 2. The van der Waals surface area contributed by atoms with Gasteiger partial charge in [0.05, 0.1) is 28.9 Å². The van der Waals surface area contributed by atoms with Gasteiger partial charge in [-0.3, -0.25) is 15.1 Å². The van der Waals surface area contributed by atoms with Crippen LogP contribution in [-0.2, 0) is 11.0 Å². The zero-order chi connectivity index (χ0) is 20.9. The summed E-state index contributed by atoms with van der Waals surface area (Å²) in [6.45, 7) is -0.125. The highest BCUT2D eigenvalue weighted by Gasteiger charge is 2.33. The van der Waals surface area contributed by atoms with Gasteiger partial charge in [-0.05, 0) is 35.9 Å². The molecule has 0 spiro atoms. The van der Waals surface area contributed by atoms with Crippen LogP contribution in [0.25, 0.3) is 0 Å². The van der Waals surface area contributed by atoms with Crippen molar-refractivity contribution in [3.63, 3.8) is 0 Å². The first-order chi connectivity index (χ1) is 13.8. The molecule has 0 bridgehead atoms. The molecule has 1 aromatic heterocycles. The van der Waals surface area contributed by atoms with Gasteiger partial charge < -0.3 is 5.32 Å². The van der Waals surface area contributed by atoms with Crippen molar-refractivity contribution in [3.8, 4) is 0 Å². The number of carbonyl (C=O) groups excluding carboxylic acids is 1. The Morgan fingerprint density at radius 3 is 2.41 bits per heavy atom. The number of anilines is 1. The molecule has 1 amide bonds. The summed E-state index contributed by atoms with van der Waals surface area (Å²) in [6, 6.07) is 17.8. The van der Waals surface area contributed by atoms with Gasteiger partial charge in [-0.25, -0.2) is 0 Å². The number of amides is 1. The van der Waals surface area contributed by atoms with Crippen molar-refractivity contribution in [1.29, 1.82) is 0 Å². The summed E-state index contributed by atoms with van der Waals surface area (Å²) in [6.07, 6.45) is -2.95. The van der Waals surface area contributed by atoms with Crippen molar-refractivity contribution in [1.82, 2.24) is 10.3 Å². The average Bonchev–Trinajstić information content (AvgIpc) is 2.70. The summed E-state index contributed by atoms with van der Waals surface area (Å²) in [5, 5.41) is 5.14. The van der Waals surface area contributed by atoms with Crippen LogP contribution in [0.5, 0.6) is 0 Å². The van der Waals surface area contributed by atoms with Crippen molar-refractivity contribution < 1.29 is 18.0 Å². The maximum Gasteiger partial charge on any atom is 0.417 e. The fraction of sp³-hybridized carbons (Fsp3) is 0.143. The Morgan fingerprint density at radius 1 is 1.03 bits per heavy atom. The van der Waals surface area contributed by atoms with Crippen LogP contribution in [-0.4, -0.2) is 17.4 Å². The number of carbonyl (C=O) groups is 1. The van der Waals surface area contributed by atoms with Gasteiger partial charge in [-0.1, -0.05) is 48.0 Å². The molecule has 29 heavy (non-hydrogen) atoms. The Kier molecular flexibility index (Phi) is 6.51. The third-order valence-electron chi connectivity index (χ3n) is 4.14. The molecule has 1 atom stereocenters. The molecule has 0 aliphatic rings. The van der Waals surface area contributed by atoms with E-state index in [1.54, 1.807) is 12.3 Å². The molecule has 1 heterocycles. The fourth-order valence-corrected chi connectivity index (χ4v) is 3.03. The van der Waals surface area contributed by atoms with Crippen LogP contribution >= 0.6 is 11.6 Å². The van der Waals surface area contributed by atoms with Crippen LogP contribution in [0.2, 0.25) is 5.02 Å². The number of hydrogen-bond acceptors (Lipinski definition) is 3. The molecule has 4 nitrogen and oxygen atoms in total. The minimum absolute atomic E-state index is 0.0163. The molecule has 2 aromatic carbocycles. The van der Waals surface area contributed by atoms with E-state index in [1.807, 2.05) is 42.5 Å². The maximum absolute atomic E-state index is 13.0. The third kappa shape index (κ3) is 5.56. The summed E-state index contributed by atoms with van der Waals surface area (Å²) >= 11 is 5.60. The lowest BCUT2D eigenvalue weighted by Gasteiger charge is -2.19. The van der Waals surface area contributed by atoms with E-state index >= 15 is 0 Å². The second-order valence-corrected chi connectivity index (χ2v) is 6.63. The Bertz CT molecular complexity index is 926. The zero-order valence-corrected chi connectivity index (χ0v) is 15.8. The normalized spacial score (nSPS) is 12.4. The molecular weight excluding hydrogens is 403 g/mol. The van der Waals surface area contributed by atoms with Crippen LogP contribution in [0.3, 0.4) is 0 Å².